The molecule has 2 aliphatic heterocycles. The quantitative estimate of drug-likeness (QED) is 0.100. The molecular formula is C53H59N7O7S2. The number of amides is 2. The van der Waals surface area contributed by atoms with E-state index in [4.69, 9.17) is 14.5 Å². The summed E-state index contributed by atoms with van der Waals surface area (Å²) in [5.74, 6) is -0.263. The second kappa shape index (κ2) is 19.9. The Labute approximate surface area is 410 Å². The van der Waals surface area contributed by atoms with Crippen LogP contribution in [-0.4, -0.2) is 91.4 Å². The average molecular weight is 970 g/mol. The first-order valence-electron chi connectivity index (χ1n) is 23.1. The molecule has 2 amide bonds. The largest absolute Gasteiger partial charge is 0.486 e. The lowest BCUT2D eigenvalue weighted by atomic mass is 9.77. The molecule has 2 aliphatic rings. The number of carbonyl (C=O) groups is 4. The summed E-state index contributed by atoms with van der Waals surface area (Å²) in [6.45, 7) is 17.4. The van der Waals surface area contributed by atoms with Crippen LogP contribution in [0.15, 0.2) is 77.2 Å². The number of aliphatic hydroxyl groups is 1. The number of thiazole rings is 1. The van der Waals surface area contributed by atoms with Gasteiger partial charge in [0.15, 0.2) is 11.6 Å². The number of thiophene rings is 1. The molecule has 16 heteroatoms. The molecule has 8 rings (SSSR count). The number of hydrogen-bond donors (Lipinski definition) is 2. The summed E-state index contributed by atoms with van der Waals surface area (Å²) in [6, 6.07) is 20.0. The zero-order chi connectivity index (χ0) is 49.5. The lowest BCUT2D eigenvalue weighted by Gasteiger charge is -2.35. The monoisotopic (exact) mass is 969 g/mol. The summed E-state index contributed by atoms with van der Waals surface area (Å²) in [5, 5.41) is 23.6. The van der Waals surface area contributed by atoms with Crippen LogP contribution in [0.25, 0.3) is 26.6 Å². The van der Waals surface area contributed by atoms with E-state index in [1.807, 2.05) is 125 Å². The Balaban J connectivity index is 0.920. The molecule has 0 bridgehead atoms. The number of aryl methyl sites for hydroxylation is 4. The van der Waals surface area contributed by atoms with Crippen molar-refractivity contribution < 1.29 is 33.8 Å². The van der Waals surface area contributed by atoms with E-state index < -0.39 is 29.5 Å². The molecule has 6 aromatic rings. The van der Waals surface area contributed by atoms with Gasteiger partial charge < -0.3 is 24.8 Å². The number of esters is 1. The van der Waals surface area contributed by atoms with E-state index in [0.717, 1.165) is 70.7 Å². The Kier molecular flexibility index (Phi) is 14.2. The number of nitrogens with one attached hydrogen (secondary N) is 1. The van der Waals surface area contributed by atoms with Gasteiger partial charge in [-0.3, -0.25) is 28.7 Å². The molecule has 1 fully saturated rings. The topological polar surface area (TPSA) is 178 Å². The molecule has 3 aromatic carbocycles. The Bertz CT molecular complexity index is 2950. The molecule has 69 heavy (non-hydrogen) atoms. The van der Waals surface area contributed by atoms with Gasteiger partial charge in [-0.05, 0) is 92.5 Å². The van der Waals surface area contributed by atoms with Gasteiger partial charge in [-0.2, -0.15) is 0 Å². The van der Waals surface area contributed by atoms with E-state index in [9.17, 15) is 24.3 Å². The SMILES string of the molecule is COC(=O)C[C@@H]1N=C(c2ccc(-c3ccc(OCC(=O)C[C@H](C(=O)N4C[C@H](O)C[C@H]4C(=O)N[C@@H](C)c4ccc(-c5scnc5C)cc4)C(C)(C)C)cc3C)cc2)c2c(sc(C)c2C)-n2c(C)nnc21. The number of aliphatic hydroxyl groups excluding tert-OH is 1. The molecule has 2 N–H and O–H groups in total. The Hall–Kier alpha value is -6.36. The van der Waals surface area contributed by atoms with Crippen molar-refractivity contribution >= 4 is 52.0 Å². The van der Waals surface area contributed by atoms with Gasteiger partial charge in [0.2, 0.25) is 11.8 Å². The molecule has 0 saturated carbocycles. The number of hydrogen-bond acceptors (Lipinski definition) is 13. The molecule has 360 valence electrons. The van der Waals surface area contributed by atoms with Gasteiger partial charge in [0.1, 0.15) is 35.3 Å². The number of Topliss-reactive ketones (excluding diaryl/α,β-unsaturated/α-hetero) is 1. The first-order valence-corrected chi connectivity index (χ1v) is 24.8. The molecule has 1 saturated heterocycles. The predicted octanol–water partition coefficient (Wildman–Crippen LogP) is 8.96. The maximum Gasteiger partial charge on any atom is 0.308 e. The third kappa shape index (κ3) is 10.2. The second-order valence-corrected chi connectivity index (χ2v) is 21.3. The van der Waals surface area contributed by atoms with Crippen molar-refractivity contribution in [1.82, 2.24) is 30.0 Å². The Morgan fingerprint density at radius 3 is 2.28 bits per heavy atom. The van der Waals surface area contributed by atoms with Gasteiger partial charge in [0.05, 0.1) is 53.4 Å². The van der Waals surface area contributed by atoms with Crippen LogP contribution >= 0.6 is 22.7 Å². The number of aromatic nitrogens is 4. The van der Waals surface area contributed by atoms with E-state index in [-0.39, 0.29) is 62.0 Å². The summed E-state index contributed by atoms with van der Waals surface area (Å²) in [7, 11) is 1.37. The molecule has 0 spiro atoms. The molecule has 14 nitrogen and oxygen atoms in total. The summed E-state index contributed by atoms with van der Waals surface area (Å²) in [6.07, 6.45) is -0.829. The number of aliphatic imine (C=N–C) groups is 1. The Morgan fingerprint density at radius 1 is 0.928 bits per heavy atom. The van der Waals surface area contributed by atoms with Crippen LogP contribution < -0.4 is 10.1 Å². The van der Waals surface area contributed by atoms with Crippen molar-refractivity contribution in [2.45, 2.75) is 106 Å². The van der Waals surface area contributed by atoms with E-state index >= 15 is 0 Å². The van der Waals surface area contributed by atoms with Gasteiger partial charge >= 0.3 is 5.97 Å². The summed E-state index contributed by atoms with van der Waals surface area (Å²) in [5.41, 5.74) is 10.8. The maximum atomic E-state index is 14.3. The van der Waals surface area contributed by atoms with E-state index in [0.29, 0.717) is 17.4 Å². The zero-order valence-electron chi connectivity index (χ0n) is 40.7. The van der Waals surface area contributed by atoms with E-state index in [2.05, 4.69) is 34.3 Å². The van der Waals surface area contributed by atoms with Gasteiger partial charge in [-0.15, -0.1) is 32.9 Å². The van der Waals surface area contributed by atoms with Crippen molar-refractivity contribution in [2.24, 2.45) is 16.3 Å². The molecule has 0 aliphatic carbocycles. The molecule has 0 radical (unpaired) electrons. The van der Waals surface area contributed by atoms with Crippen LogP contribution in [-0.2, 0) is 23.9 Å². The average Bonchev–Trinajstić information content (AvgIpc) is 4.09. The number of carbonyl (C=O) groups excluding carboxylic acids is 4. The van der Waals surface area contributed by atoms with Crippen molar-refractivity contribution in [2.75, 3.05) is 20.3 Å². The first-order chi connectivity index (χ1) is 32.8. The Morgan fingerprint density at radius 2 is 1.62 bits per heavy atom. The van der Waals surface area contributed by atoms with Crippen LogP contribution in [0.2, 0.25) is 0 Å². The smallest absolute Gasteiger partial charge is 0.308 e. The molecule has 0 unspecified atom stereocenters. The van der Waals surface area contributed by atoms with Crippen LogP contribution in [0.4, 0.5) is 0 Å². The number of fused-ring (bicyclic) bond motifs is 3. The highest BCUT2D eigenvalue weighted by molar-refractivity contribution is 7.15. The highest BCUT2D eigenvalue weighted by Gasteiger charge is 2.45. The van der Waals surface area contributed by atoms with Gasteiger partial charge in [0.25, 0.3) is 0 Å². The number of methoxy groups -OCH3 is 1. The van der Waals surface area contributed by atoms with E-state index in [1.54, 1.807) is 22.7 Å². The lowest BCUT2D eigenvalue weighted by Crippen LogP contribution is -2.50. The number of rotatable bonds is 14. The highest BCUT2D eigenvalue weighted by Crippen LogP contribution is 2.41. The lowest BCUT2D eigenvalue weighted by molar-refractivity contribution is -0.146. The number of β-amino-alcohol motifs (C(OH)–C–C–N with tert-alkyl or cyclic N) is 1. The number of nitrogens with zero attached hydrogens (tertiary/aromatic N) is 6. The predicted molar refractivity (Wildman–Crippen MR) is 268 cm³/mol. The normalized spacial score (nSPS) is 17.6. The number of ether oxygens (including phenoxy) is 2. The van der Waals surface area contributed by atoms with Crippen molar-refractivity contribution in [3.63, 3.8) is 0 Å². The van der Waals surface area contributed by atoms with Gasteiger partial charge in [0, 0.05) is 35.4 Å². The van der Waals surface area contributed by atoms with Crippen LogP contribution in [0.5, 0.6) is 5.75 Å². The van der Waals surface area contributed by atoms with Gasteiger partial charge in [-0.25, -0.2) is 4.98 Å². The number of likely N-dealkylation sites (tertiary alicyclic amines) is 1. The molecule has 3 aromatic heterocycles. The third-order valence-corrected chi connectivity index (χ3v) is 15.5. The van der Waals surface area contributed by atoms with Crippen LogP contribution in [0.1, 0.15) is 109 Å². The van der Waals surface area contributed by atoms with Gasteiger partial charge in [-0.1, -0.05) is 75.4 Å². The van der Waals surface area contributed by atoms with Crippen molar-refractivity contribution in [3.8, 4) is 32.3 Å². The number of benzene rings is 3. The standard InChI is InChI=1S/C53H59N7O7S2/c1-28-21-40(19-20-41(28)35-13-15-36(16-14-35)47-46-29(2)32(5)69-52(46)60-33(6)57-58-49(60)43(56-47)24-45(63)66-10)67-26-39(62)22-42(53(7,8)9)51(65)59-25-38(61)23-44(59)50(64)55-30(3)34-11-17-37(18-12-34)48-31(4)54-27-68-48/h11-21,27,30,38,42-44,61H,22-26H2,1-10H3,(H,55,64)/t30-,38+,42+,43-,44-/m0/s1. The van der Waals surface area contributed by atoms with Crippen LogP contribution in [0, 0.1) is 46.0 Å². The van der Waals surface area contributed by atoms with Crippen LogP contribution in [0.3, 0.4) is 0 Å². The molecule has 5 heterocycles. The summed E-state index contributed by atoms with van der Waals surface area (Å²) >= 11 is 3.23. The molecule has 5 atom stereocenters. The minimum atomic E-state index is -0.880. The number of ketones is 1. The first kappa shape index (κ1) is 49.1. The van der Waals surface area contributed by atoms with Crippen molar-refractivity contribution in [3.05, 3.63) is 122 Å². The minimum absolute atomic E-state index is 0.00528. The third-order valence-electron chi connectivity index (χ3n) is 13.3. The fourth-order valence-corrected chi connectivity index (χ4v) is 11.3. The highest BCUT2D eigenvalue weighted by atomic mass is 32.1. The fourth-order valence-electron chi connectivity index (χ4n) is 9.24. The fraction of sp³-hybridized carbons (Fsp3) is 0.396. The molecular weight excluding hydrogens is 911 g/mol. The zero-order valence-corrected chi connectivity index (χ0v) is 42.4. The second-order valence-electron chi connectivity index (χ2n) is 19.2. The summed E-state index contributed by atoms with van der Waals surface area (Å²) in [4.78, 5) is 67.6. The van der Waals surface area contributed by atoms with E-state index in [1.165, 1.54) is 12.0 Å². The maximum absolute atomic E-state index is 14.3. The summed E-state index contributed by atoms with van der Waals surface area (Å²) < 4.78 is 13.1. The van der Waals surface area contributed by atoms with Crippen molar-refractivity contribution in [1.29, 1.82) is 0 Å². The minimum Gasteiger partial charge on any atom is -0.486 e.